The summed E-state index contributed by atoms with van der Waals surface area (Å²) in [6.45, 7) is 6.55. The Hall–Kier alpha value is -3.51. The number of hydrogen-bond acceptors (Lipinski definition) is 5. The predicted molar refractivity (Wildman–Crippen MR) is 146 cm³/mol. The van der Waals surface area contributed by atoms with E-state index in [1.807, 2.05) is 30.3 Å². The molecule has 0 fully saturated rings. The minimum absolute atomic E-state index is 0.0532. The Morgan fingerprint density at radius 1 is 1.00 bits per heavy atom. The molecule has 0 bridgehead atoms. The Bertz CT molecular complexity index is 1460. The number of aryl methyl sites for hydroxylation is 1. The summed E-state index contributed by atoms with van der Waals surface area (Å²) in [5, 5.41) is 4.39. The summed E-state index contributed by atoms with van der Waals surface area (Å²) in [6, 6.07) is 17.8. The molecule has 2 aromatic heterocycles. The topological polar surface area (TPSA) is 68.3 Å². The Morgan fingerprint density at radius 2 is 1.72 bits per heavy atom. The molecule has 2 aromatic carbocycles. The van der Waals surface area contributed by atoms with Crippen molar-refractivity contribution < 1.29 is 14.3 Å². The molecular formula is C30H30N2O3S. The highest BCUT2D eigenvalue weighted by molar-refractivity contribution is 7.17. The molecule has 0 saturated heterocycles. The van der Waals surface area contributed by atoms with E-state index in [0.717, 1.165) is 58.3 Å². The van der Waals surface area contributed by atoms with Crippen molar-refractivity contribution >= 4 is 39.1 Å². The predicted octanol–water partition coefficient (Wildman–Crippen LogP) is 7.18. The molecule has 4 aromatic rings. The lowest BCUT2D eigenvalue weighted by atomic mass is 9.86. The minimum atomic E-state index is -0.399. The Labute approximate surface area is 215 Å². The van der Waals surface area contributed by atoms with Gasteiger partial charge in [-0.3, -0.25) is 4.79 Å². The van der Waals surface area contributed by atoms with Gasteiger partial charge in [0.25, 0.3) is 5.91 Å². The van der Waals surface area contributed by atoms with Gasteiger partial charge in [-0.25, -0.2) is 9.78 Å². The number of carbonyl (C=O) groups is 2. The van der Waals surface area contributed by atoms with Gasteiger partial charge in [0.15, 0.2) is 0 Å². The van der Waals surface area contributed by atoms with Gasteiger partial charge in [-0.1, -0.05) is 63.2 Å². The van der Waals surface area contributed by atoms with Crippen LogP contribution in [-0.2, 0) is 23.0 Å². The highest BCUT2D eigenvalue weighted by atomic mass is 32.1. The minimum Gasteiger partial charge on any atom is -0.465 e. The highest BCUT2D eigenvalue weighted by Crippen LogP contribution is 2.39. The van der Waals surface area contributed by atoms with Crippen molar-refractivity contribution in [2.75, 3.05) is 12.4 Å². The number of esters is 1. The number of anilines is 1. The molecule has 184 valence electrons. The van der Waals surface area contributed by atoms with Crippen molar-refractivity contribution in [1.29, 1.82) is 0 Å². The van der Waals surface area contributed by atoms with E-state index in [2.05, 4.69) is 50.4 Å². The zero-order valence-corrected chi connectivity index (χ0v) is 21.9. The lowest BCUT2D eigenvalue weighted by Gasteiger charge is -2.19. The van der Waals surface area contributed by atoms with Crippen molar-refractivity contribution in [1.82, 2.24) is 4.98 Å². The molecule has 1 amide bonds. The van der Waals surface area contributed by atoms with Gasteiger partial charge in [-0.05, 0) is 54.4 Å². The molecule has 0 radical (unpaired) electrons. The number of aromatic nitrogens is 1. The zero-order valence-electron chi connectivity index (χ0n) is 21.1. The fourth-order valence-corrected chi connectivity index (χ4v) is 6.07. The molecule has 0 atom stereocenters. The average Bonchev–Trinajstić information content (AvgIpc) is 3.24. The van der Waals surface area contributed by atoms with E-state index < -0.39 is 5.97 Å². The fourth-order valence-electron chi connectivity index (χ4n) is 4.79. The summed E-state index contributed by atoms with van der Waals surface area (Å²) in [4.78, 5) is 32.4. The molecule has 1 aliphatic carbocycles. The monoisotopic (exact) mass is 498 g/mol. The van der Waals surface area contributed by atoms with Gasteiger partial charge in [0.2, 0.25) is 0 Å². The second kappa shape index (κ2) is 9.51. The quantitative estimate of drug-likeness (QED) is 0.303. The summed E-state index contributed by atoms with van der Waals surface area (Å²) >= 11 is 1.49. The number of nitrogens with one attached hydrogen (secondary N) is 1. The molecule has 36 heavy (non-hydrogen) atoms. The SMILES string of the molecule is COC(=O)c1c(NC(=O)c2cc(-c3ccc(C(C)(C)C)cc3)nc3ccccc23)sc2c1CCCC2. The van der Waals surface area contributed by atoms with Gasteiger partial charge in [0.05, 0.1) is 29.4 Å². The third-order valence-corrected chi connectivity index (χ3v) is 8.00. The van der Waals surface area contributed by atoms with Crippen LogP contribution >= 0.6 is 11.3 Å². The van der Waals surface area contributed by atoms with Crippen molar-refractivity contribution in [3.63, 3.8) is 0 Å². The molecule has 1 aliphatic rings. The number of hydrogen-bond donors (Lipinski definition) is 1. The number of nitrogens with zero attached hydrogens (tertiary/aromatic N) is 1. The molecule has 0 aliphatic heterocycles. The number of pyridine rings is 1. The number of carbonyl (C=O) groups excluding carboxylic acids is 2. The number of thiophene rings is 1. The second-order valence-electron chi connectivity index (χ2n) is 10.3. The summed E-state index contributed by atoms with van der Waals surface area (Å²) in [5.74, 6) is -0.658. The van der Waals surface area contributed by atoms with Gasteiger partial charge in [-0.15, -0.1) is 11.3 Å². The summed E-state index contributed by atoms with van der Waals surface area (Å²) in [7, 11) is 1.38. The summed E-state index contributed by atoms with van der Waals surface area (Å²) in [5.41, 5.74) is 5.77. The smallest absolute Gasteiger partial charge is 0.341 e. The van der Waals surface area contributed by atoms with Crippen LogP contribution < -0.4 is 5.32 Å². The lowest BCUT2D eigenvalue weighted by molar-refractivity contribution is 0.0601. The van der Waals surface area contributed by atoms with Crippen LogP contribution in [0.25, 0.3) is 22.2 Å². The number of methoxy groups -OCH3 is 1. The molecule has 0 spiro atoms. The van der Waals surface area contributed by atoms with Crippen molar-refractivity contribution in [3.8, 4) is 11.3 Å². The second-order valence-corrected chi connectivity index (χ2v) is 11.4. The largest absolute Gasteiger partial charge is 0.465 e. The molecule has 1 N–H and O–H groups in total. The zero-order chi connectivity index (χ0) is 25.4. The number of benzene rings is 2. The summed E-state index contributed by atoms with van der Waals surface area (Å²) in [6.07, 6.45) is 3.88. The first-order valence-electron chi connectivity index (χ1n) is 12.3. The van der Waals surface area contributed by atoms with E-state index in [1.165, 1.54) is 24.0 Å². The number of para-hydroxylation sites is 1. The van der Waals surface area contributed by atoms with Crippen molar-refractivity contribution in [2.24, 2.45) is 0 Å². The van der Waals surface area contributed by atoms with E-state index in [9.17, 15) is 9.59 Å². The van der Waals surface area contributed by atoms with E-state index in [-0.39, 0.29) is 11.3 Å². The van der Waals surface area contributed by atoms with Crippen LogP contribution in [0.1, 0.15) is 70.3 Å². The number of amides is 1. The molecule has 6 heteroatoms. The molecule has 5 nitrogen and oxygen atoms in total. The Balaban J connectivity index is 1.56. The van der Waals surface area contributed by atoms with Crippen LogP contribution in [0.3, 0.4) is 0 Å². The third-order valence-electron chi connectivity index (χ3n) is 6.80. The van der Waals surface area contributed by atoms with Crippen LogP contribution in [0.2, 0.25) is 0 Å². The standard InChI is InChI=1S/C30H30N2O3S/c1-30(2,3)19-15-13-18(14-16-19)24-17-22(20-9-5-7-11-23(20)31-24)27(33)32-28-26(29(34)35-4)21-10-6-8-12-25(21)36-28/h5,7,9,11,13-17H,6,8,10,12H2,1-4H3,(H,32,33). The van der Waals surface area contributed by atoms with Gasteiger partial charge in [0, 0.05) is 15.8 Å². The first-order valence-corrected chi connectivity index (χ1v) is 13.1. The first-order chi connectivity index (χ1) is 17.3. The van der Waals surface area contributed by atoms with Crippen LogP contribution in [0.4, 0.5) is 5.00 Å². The first kappa shape index (κ1) is 24.2. The number of ether oxygens (including phenoxy) is 1. The van der Waals surface area contributed by atoms with Crippen LogP contribution in [-0.4, -0.2) is 24.0 Å². The van der Waals surface area contributed by atoms with Crippen LogP contribution in [0, 0.1) is 0 Å². The molecule has 0 unspecified atom stereocenters. The average molecular weight is 499 g/mol. The lowest BCUT2D eigenvalue weighted by Crippen LogP contribution is -2.16. The highest BCUT2D eigenvalue weighted by Gasteiger charge is 2.27. The van der Waals surface area contributed by atoms with Crippen LogP contribution in [0.5, 0.6) is 0 Å². The van der Waals surface area contributed by atoms with Crippen LogP contribution in [0.15, 0.2) is 54.6 Å². The Kier molecular flexibility index (Phi) is 6.39. The maximum Gasteiger partial charge on any atom is 0.341 e. The van der Waals surface area contributed by atoms with Crippen molar-refractivity contribution in [2.45, 2.75) is 51.9 Å². The van der Waals surface area contributed by atoms with E-state index >= 15 is 0 Å². The number of rotatable bonds is 4. The van der Waals surface area contributed by atoms with Gasteiger partial charge >= 0.3 is 5.97 Å². The van der Waals surface area contributed by atoms with E-state index in [0.29, 0.717) is 16.1 Å². The molecule has 5 rings (SSSR count). The van der Waals surface area contributed by atoms with Gasteiger partial charge in [0.1, 0.15) is 5.00 Å². The van der Waals surface area contributed by atoms with Gasteiger partial charge < -0.3 is 10.1 Å². The molecule has 2 heterocycles. The molecular weight excluding hydrogens is 468 g/mol. The maximum atomic E-state index is 13.7. The third kappa shape index (κ3) is 4.53. The van der Waals surface area contributed by atoms with E-state index in [4.69, 9.17) is 9.72 Å². The maximum absolute atomic E-state index is 13.7. The normalized spacial score (nSPS) is 13.3. The summed E-state index contributed by atoms with van der Waals surface area (Å²) < 4.78 is 5.08. The molecule has 0 saturated carbocycles. The Morgan fingerprint density at radius 3 is 2.44 bits per heavy atom. The fraction of sp³-hybridized carbons (Fsp3) is 0.300. The number of fused-ring (bicyclic) bond motifs is 2. The van der Waals surface area contributed by atoms with Crippen molar-refractivity contribution in [3.05, 3.63) is 81.7 Å². The van der Waals surface area contributed by atoms with Gasteiger partial charge in [-0.2, -0.15) is 0 Å². The van der Waals surface area contributed by atoms with E-state index in [1.54, 1.807) is 0 Å².